The van der Waals surface area contributed by atoms with Crippen molar-refractivity contribution in [1.29, 1.82) is 0 Å². The summed E-state index contributed by atoms with van der Waals surface area (Å²) < 4.78 is 27.1. The van der Waals surface area contributed by atoms with Gasteiger partial charge in [-0.15, -0.1) is 0 Å². The highest BCUT2D eigenvalue weighted by Gasteiger charge is 2.35. The lowest BCUT2D eigenvalue weighted by Gasteiger charge is -2.24. The first-order valence-corrected chi connectivity index (χ1v) is 10.6. The smallest absolute Gasteiger partial charge is 0.313 e. The molecule has 0 radical (unpaired) electrons. The Bertz CT molecular complexity index is 960. The van der Waals surface area contributed by atoms with Crippen LogP contribution in [0.2, 0.25) is 0 Å². The van der Waals surface area contributed by atoms with E-state index in [0.717, 1.165) is 5.56 Å². The van der Waals surface area contributed by atoms with E-state index in [1.807, 2.05) is 19.1 Å². The van der Waals surface area contributed by atoms with Crippen LogP contribution in [0.5, 0.6) is 0 Å². The van der Waals surface area contributed by atoms with Crippen molar-refractivity contribution in [2.75, 3.05) is 18.4 Å². The molecule has 0 unspecified atom stereocenters. The molecule has 1 aliphatic rings. The minimum Gasteiger partial charge on any atom is -0.346 e. The van der Waals surface area contributed by atoms with Gasteiger partial charge in [-0.3, -0.25) is 9.59 Å². The predicted molar refractivity (Wildman–Crippen MR) is 106 cm³/mol. The summed E-state index contributed by atoms with van der Waals surface area (Å²) in [7, 11) is -3.63. The molecule has 0 saturated carbocycles. The van der Waals surface area contributed by atoms with E-state index in [2.05, 4.69) is 10.6 Å². The summed E-state index contributed by atoms with van der Waals surface area (Å²) in [6.45, 7) is 2.32. The van der Waals surface area contributed by atoms with E-state index in [0.29, 0.717) is 25.1 Å². The second kappa shape index (κ2) is 8.53. The van der Waals surface area contributed by atoms with Crippen molar-refractivity contribution in [2.45, 2.75) is 30.7 Å². The summed E-state index contributed by atoms with van der Waals surface area (Å²) in [5, 5.41) is 5.13. The van der Waals surface area contributed by atoms with Gasteiger partial charge in [-0.05, 0) is 43.5 Å². The molecule has 1 fully saturated rings. The fourth-order valence-electron chi connectivity index (χ4n) is 3.24. The van der Waals surface area contributed by atoms with Crippen molar-refractivity contribution < 1.29 is 18.0 Å². The zero-order valence-corrected chi connectivity index (χ0v) is 16.4. The molecule has 2 amide bonds. The average molecular weight is 401 g/mol. The van der Waals surface area contributed by atoms with E-state index in [1.165, 1.54) is 4.31 Å². The van der Waals surface area contributed by atoms with E-state index in [1.54, 1.807) is 42.5 Å². The van der Waals surface area contributed by atoms with Crippen LogP contribution in [0.4, 0.5) is 5.69 Å². The van der Waals surface area contributed by atoms with Gasteiger partial charge < -0.3 is 10.6 Å². The molecule has 2 aromatic rings. The summed E-state index contributed by atoms with van der Waals surface area (Å²) in [4.78, 5) is 24.5. The Morgan fingerprint density at radius 1 is 1.04 bits per heavy atom. The van der Waals surface area contributed by atoms with Crippen LogP contribution in [0.25, 0.3) is 0 Å². The van der Waals surface area contributed by atoms with Crippen molar-refractivity contribution in [3.8, 4) is 0 Å². The first-order valence-electron chi connectivity index (χ1n) is 9.11. The lowest BCUT2D eigenvalue weighted by atomic mass is 10.2. The second-order valence-corrected chi connectivity index (χ2v) is 8.59. The Kier molecular flexibility index (Phi) is 6.11. The van der Waals surface area contributed by atoms with Crippen LogP contribution in [-0.2, 0) is 19.6 Å². The van der Waals surface area contributed by atoms with Gasteiger partial charge in [0, 0.05) is 24.8 Å². The number of carbonyl (C=O) groups is 2. The Morgan fingerprint density at radius 2 is 1.71 bits per heavy atom. The van der Waals surface area contributed by atoms with Crippen LogP contribution in [-0.4, -0.2) is 43.7 Å². The number of carbonyl (C=O) groups excluding carboxylic acids is 2. The Morgan fingerprint density at radius 3 is 2.43 bits per heavy atom. The quantitative estimate of drug-likeness (QED) is 0.748. The Hall–Kier alpha value is -2.71. The number of anilines is 1. The second-order valence-electron chi connectivity index (χ2n) is 6.70. The zero-order valence-electron chi connectivity index (χ0n) is 15.6. The maximum Gasteiger partial charge on any atom is 0.313 e. The minimum atomic E-state index is -3.63. The molecular formula is C20H23N3O4S. The van der Waals surface area contributed by atoms with Crippen molar-refractivity contribution in [3.05, 3.63) is 60.2 Å². The van der Waals surface area contributed by atoms with Gasteiger partial charge in [-0.2, -0.15) is 4.31 Å². The largest absolute Gasteiger partial charge is 0.346 e. The highest BCUT2D eigenvalue weighted by molar-refractivity contribution is 7.89. The molecule has 8 heteroatoms. The highest BCUT2D eigenvalue weighted by Crippen LogP contribution is 2.25. The fraction of sp³-hybridized carbons (Fsp3) is 0.300. The zero-order chi connectivity index (χ0) is 20.1. The molecule has 148 valence electrons. The van der Waals surface area contributed by atoms with E-state index in [-0.39, 0.29) is 17.5 Å². The van der Waals surface area contributed by atoms with E-state index < -0.39 is 21.8 Å². The van der Waals surface area contributed by atoms with Gasteiger partial charge in [0.25, 0.3) is 0 Å². The van der Waals surface area contributed by atoms with Crippen LogP contribution in [0.3, 0.4) is 0 Å². The molecule has 0 aromatic heterocycles. The third-order valence-corrected chi connectivity index (χ3v) is 6.74. The van der Waals surface area contributed by atoms with Crippen LogP contribution in [0.1, 0.15) is 18.4 Å². The van der Waals surface area contributed by atoms with Gasteiger partial charge in [0.15, 0.2) is 0 Å². The maximum atomic E-state index is 12.8. The minimum absolute atomic E-state index is 0.0894. The monoisotopic (exact) mass is 401 g/mol. The van der Waals surface area contributed by atoms with Crippen LogP contribution in [0, 0.1) is 6.92 Å². The third-order valence-electron chi connectivity index (χ3n) is 4.77. The number of nitrogens with one attached hydrogen (secondary N) is 2. The fourth-order valence-corrected chi connectivity index (χ4v) is 4.95. The lowest BCUT2D eigenvalue weighted by Crippen LogP contribution is -2.45. The lowest BCUT2D eigenvalue weighted by molar-refractivity contribution is -0.136. The van der Waals surface area contributed by atoms with Crippen LogP contribution < -0.4 is 10.6 Å². The first kappa shape index (κ1) is 20.0. The normalized spacial score (nSPS) is 17.2. The Balaban J connectivity index is 1.61. The number of nitrogens with zero attached hydrogens (tertiary/aromatic N) is 1. The number of benzene rings is 2. The van der Waals surface area contributed by atoms with Crippen molar-refractivity contribution in [2.24, 2.45) is 0 Å². The molecular weight excluding hydrogens is 378 g/mol. The molecule has 0 spiro atoms. The van der Waals surface area contributed by atoms with Gasteiger partial charge in [-0.25, -0.2) is 8.42 Å². The van der Waals surface area contributed by atoms with Crippen molar-refractivity contribution >= 4 is 27.5 Å². The first-order chi connectivity index (χ1) is 13.4. The average Bonchev–Trinajstić information content (AvgIpc) is 3.18. The summed E-state index contributed by atoms with van der Waals surface area (Å²) in [6.07, 6.45) is 1.34. The van der Waals surface area contributed by atoms with E-state index >= 15 is 0 Å². The molecule has 28 heavy (non-hydrogen) atoms. The molecule has 0 aliphatic carbocycles. The number of sulfonamides is 1. The molecule has 0 bridgehead atoms. The standard InChI is InChI=1S/C20H23N3O4S/c1-15-8-5-6-12-18(15)22-20(25)19(24)21-14-16-9-7-13-23(16)28(26,27)17-10-3-2-4-11-17/h2-6,8,10-12,16H,7,9,13-14H2,1H3,(H,21,24)(H,22,25)/t16-/m0/s1. The molecule has 1 heterocycles. The number of hydrogen-bond acceptors (Lipinski definition) is 4. The van der Waals surface area contributed by atoms with Gasteiger partial charge >= 0.3 is 11.8 Å². The molecule has 7 nitrogen and oxygen atoms in total. The molecule has 1 saturated heterocycles. The topological polar surface area (TPSA) is 95.6 Å². The number of hydrogen-bond donors (Lipinski definition) is 2. The molecule has 3 rings (SSSR count). The summed E-state index contributed by atoms with van der Waals surface area (Å²) in [6, 6.07) is 15.0. The predicted octanol–water partition coefficient (Wildman–Crippen LogP) is 1.90. The van der Waals surface area contributed by atoms with Gasteiger partial charge in [0.1, 0.15) is 0 Å². The van der Waals surface area contributed by atoms with Gasteiger partial charge in [-0.1, -0.05) is 36.4 Å². The van der Waals surface area contributed by atoms with E-state index in [4.69, 9.17) is 0 Å². The van der Waals surface area contributed by atoms with Crippen LogP contribution >= 0.6 is 0 Å². The molecule has 2 N–H and O–H groups in total. The highest BCUT2D eigenvalue weighted by atomic mass is 32.2. The van der Waals surface area contributed by atoms with Gasteiger partial charge in [0.05, 0.1) is 4.90 Å². The maximum absolute atomic E-state index is 12.8. The summed E-state index contributed by atoms with van der Waals surface area (Å²) in [5.74, 6) is -1.56. The summed E-state index contributed by atoms with van der Waals surface area (Å²) >= 11 is 0. The SMILES string of the molecule is Cc1ccccc1NC(=O)C(=O)NC[C@@H]1CCCN1S(=O)(=O)c1ccccc1. The Labute approximate surface area is 164 Å². The summed E-state index contributed by atoms with van der Waals surface area (Å²) in [5.41, 5.74) is 1.41. The number of rotatable bonds is 5. The van der Waals surface area contributed by atoms with Crippen molar-refractivity contribution in [3.63, 3.8) is 0 Å². The van der Waals surface area contributed by atoms with Gasteiger partial charge in [0.2, 0.25) is 10.0 Å². The molecule has 2 aromatic carbocycles. The van der Waals surface area contributed by atoms with Crippen LogP contribution in [0.15, 0.2) is 59.5 Å². The number of amides is 2. The third kappa shape index (κ3) is 4.40. The number of para-hydroxylation sites is 1. The molecule has 1 aliphatic heterocycles. The van der Waals surface area contributed by atoms with E-state index in [9.17, 15) is 18.0 Å². The number of aryl methyl sites for hydroxylation is 1. The van der Waals surface area contributed by atoms with Crippen molar-refractivity contribution in [1.82, 2.24) is 9.62 Å². The molecule has 1 atom stereocenters.